The minimum absolute atomic E-state index is 0. The fraction of sp³-hybridized carbons (Fsp3) is 0.111. The summed E-state index contributed by atoms with van der Waals surface area (Å²) in [4.78, 5) is 37.2. The van der Waals surface area contributed by atoms with Crippen LogP contribution in [0.2, 0.25) is 0 Å². The van der Waals surface area contributed by atoms with Crippen molar-refractivity contribution < 1.29 is 24.7 Å². The van der Waals surface area contributed by atoms with Crippen LogP contribution in [-0.2, 0) is 54.5 Å². The van der Waals surface area contributed by atoms with Crippen LogP contribution in [0.15, 0.2) is 36.9 Å². The van der Waals surface area contributed by atoms with E-state index in [1.165, 1.54) is 0 Å². The molecule has 0 spiro atoms. The van der Waals surface area contributed by atoms with E-state index in [-0.39, 0.29) is 69.2 Å². The molecule has 1 rings (SSSR count). The molecule has 0 aliphatic carbocycles. The van der Waals surface area contributed by atoms with Crippen LogP contribution < -0.4 is 19.6 Å². The van der Waals surface area contributed by atoms with E-state index in [1.54, 1.807) is 12.1 Å². The van der Waals surface area contributed by atoms with Crippen molar-refractivity contribution >= 4 is 129 Å². The van der Waals surface area contributed by atoms with E-state index in [2.05, 4.69) is 54.7 Å². The third-order valence-corrected chi connectivity index (χ3v) is 1.36. The summed E-state index contributed by atoms with van der Waals surface area (Å²) >= 11 is 14.6. The Kier molecular flexibility index (Phi) is 31.4. The van der Waals surface area contributed by atoms with Crippen molar-refractivity contribution in [1.29, 1.82) is 0 Å². The molecule has 1 aromatic carbocycles. The molecule has 5 nitrogen and oxygen atoms in total. The number of allylic oxidation sites excluding steroid dienone is 1. The second kappa shape index (κ2) is 19.7. The van der Waals surface area contributed by atoms with Gasteiger partial charge < -0.3 is 60.6 Å². The smallest absolute Gasteiger partial charge is 0.850 e. The summed E-state index contributed by atoms with van der Waals surface area (Å²) in [6.07, 6.45) is 2.50. The molecule has 23 heavy (non-hydrogen) atoms. The molecule has 0 aliphatic rings. The van der Waals surface area contributed by atoms with E-state index < -0.39 is 11.4 Å². The first-order chi connectivity index (χ1) is 8.84. The van der Waals surface area contributed by atoms with Gasteiger partial charge in [-0.05, 0) is 18.1 Å². The summed E-state index contributed by atoms with van der Waals surface area (Å²) in [7, 11) is 0. The number of hydrogen-bond donors (Lipinski definition) is 1. The van der Waals surface area contributed by atoms with Crippen LogP contribution in [0, 0.1) is 0 Å². The van der Waals surface area contributed by atoms with Gasteiger partial charge in [0.25, 0.3) is 0 Å². The Morgan fingerprint density at radius 3 is 1.57 bits per heavy atom. The topological polar surface area (TPSA) is 112 Å². The Morgan fingerprint density at radius 2 is 1.30 bits per heavy atom. The molecule has 0 heterocycles. The first kappa shape index (κ1) is 36.8. The van der Waals surface area contributed by atoms with Gasteiger partial charge in [-0.15, -0.1) is 6.58 Å². The van der Waals surface area contributed by atoms with E-state index in [0.29, 0.717) is 5.75 Å². The Bertz CT molecular complexity index is 475. The molecule has 0 amide bonds. The number of hydrogen-bond acceptors (Lipinski definition) is 9. The first-order valence-electron chi connectivity index (χ1n) is 4.68. The van der Waals surface area contributed by atoms with Crippen LogP contribution in [0.4, 0.5) is 0 Å². The van der Waals surface area contributed by atoms with Crippen LogP contribution in [0.1, 0.15) is 5.56 Å². The monoisotopic (exact) mass is 460 g/mol. The van der Waals surface area contributed by atoms with Gasteiger partial charge in [-0.1, -0.05) is 24.3 Å². The van der Waals surface area contributed by atoms with Gasteiger partial charge in [-0.2, -0.15) is 23.6 Å². The zero-order chi connectivity index (χ0) is 16.4. The van der Waals surface area contributed by atoms with Crippen LogP contribution >= 0.6 is 11.4 Å². The summed E-state index contributed by atoms with van der Waals surface area (Å²) in [5.41, 5.74) is -6.52. The number of para-hydroxylation sites is 1. The average Bonchev–Trinajstić information content (AvgIpc) is 2.16. The molecule has 0 bridgehead atoms. The largest absolute Gasteiger partial charge is 2.00 e. The number of phenols is 1. The summed E-state index contributed by atoms with van der Waals surface area (Å²) < 4.78 is 0. The number of aromatic hydroxyl groups is 1. The third kappa shape index (κ3) is 45.7. The quantitative estimate of drug-likeness (QED) is 0.230. The Morgan fingerprint density at radius 1 is 1.00 bits per heavy atom. The molecular formula is C9H10Mg3O5P2S4. The van der Waals surface area contributed by atoms with E-state index in [4.69, 9.17) is 0 Å². The van der Waals surface area contributed by atoms with Crippen molar-refractivity contribution in [3.05, 3.63) is 42.5 Å². The van der Waals surface area contributed by atoms with Gasteiger partial charge in [0.2, 0.25) is 0 Å². The minimum atomic E-state index is -3.72. The summed E-state index contributed by atoms with van der Waals surface area (Å²) in [5, 5.41) is 9.19. The van der Waals surface area contributed by atoms with Gasteiger partial charge >= 0.3 is 69.2 Å². The van der Waals surface area contributed by atoms with Crippen molar-refractivity contribution in [2.24, 2.45) is 0 Å². The van der Waals surface area contributed by atoms with Crippen LogP contribution in [0.3, 0.4) is 0 Å². The number of rotatable bonds is 2. The maximum atomic E-state index is 9.29. The number of phenolic OH excluding ortho intramolecular Hbond substituents is 1. The SMILES string of the molecule is C=CCc1ccccc1O.[Mg+2].[Mg+2].[Mg+2].[O-]P([O-])(=S)[S-].[O-]P([O-])(=S)[S-]. The molecule has 0 atom stereocenters. The standard InChI is InChI=1S/C9H10O.3Mg.2H3O2PS2/c1-2-5-8-6-3-4-7-9(8)10;;;;2*1-3(2,4)5/h2-4,6-7,10H,1,5H2;;;;2*(H3,1,2,4,5)/q;3*+2;;/p-6. The molecule has 0 saturated heterocycles. The van der Waals surface area contributed by atoms with E-state index in [1.807, 2.05) is 18.2 Å². The molecule has 116 valence electrons. The summed E-state index contributed by atoms with van der Waals surface area (Å²) in [6.45, 7) is 3.59. The molecule has 1 N–H and O–H groups in total. The minimum Gasteiger partial charge on any atom is -0.850 e. The van der Waals surface area contributed by atoms with Gasteiger partial charge in [-0.25, -0.2) is 0 Å². The zero-order valence-corrected chi connectivity index (χ0v) is 21.3. The molecule has 14 heteroatoms. The fourth-order valence-electron chi connectivity index (χ4n) is 0.839. The second-order valence-electron chi connectivity index (χ2n) is 3.02. The summed E-state index contributed by atoms with van der Waals surface area (Å²) in [6, 6.07) is 7.27. The zero-order valence-electron chi connectivity index (χ0n) is 12.0. The van der Waals surface area contributed by atoms with Gasteiger partial charge in [0.15, 0.2) is 0 Å². The predicted molar refractivity (Wildman–Crippen MR) is 103 cm³/mol. The molecule has 0 aliphatic heterocycles. The van der Waals surface area contributed by atoms with Crippen LogP contribution in [0.25, 0.3) is 0 Å². The van der Waals surface area contributed by atoms with Crippen molar-refractivity contribution in [1.82, 2.24) is 0 Å². The van der Waals surface area contributed by atoms with Crippen LogP contribution in [-0.4, -0.2) is 74.3 Å². The van der Waals surface area contributed by atoms with E-state index in [0.717, 1.165) is 12.0 Å². The predicted octanol–water partition coefficient (Wildman–Crippen LogP) is -2.06. The molecule has 0 unspecified atom stereocenters. The van der Waals surface area contributed by atoms with Gasteiger partial charge in [-0.3, -0.25) is 0 Å². The summed E-state index contributed by atoms with van der Waals surface area (Å²) in [5.74, 6) is 0.349. The number of benzene rings is 1. The van der Waals surface area contributed by atoms with Gasteiger partial charge in [0, 0.05) is 0 Å². The molecule has 0 saturated carbocycles. The molecule has 0 fully saturated rings. The Labute approximate surface area is 205 Å². The van der Waals surface area contributed by atoms with E-state index >= 15 is 0 Å². The molecule has 1 aromatic rings. The van der Waals surface area contributed by atoms with Gasteiger partial charge in [0.05, 0.1) is 0 Å². The maximum absolute atomic E-state index is 9.29. The third-order valence-electron chi connectivity index (χ3n) is 1.36. The van der Waals surface area contributed by atoms with Crippen molar-refractivity contribution in [3.63, 3.8) is 0 Å². The maximum Gasteiger partial charge on any atom is 2.00 e. The van der Waals surface area contributed by atoms with Crippen molar-refractivity contribution in [3.8, 4) is 5.75 Å². The van der Waals surface area contributed by atoms with Crippen LogP contribution in [0.5, 0.6) is 5.75 Å². The molecular weight excluding hydrogens is 451 g/mol. The van der Waals surface area contributed by atoms with E-state index in [9.17, 15) is 24.7 Å². The Balaban J connectivity index is -0.0000000728. The molecule has 0 aromatic heterocycles. The molecule has 0 radical (unpaired) electrons. The second-order valence-corrected chi connectivity index (χ2v) is 12.0. The fourth-order valence-corrected chi connectivity index (χ4v) is 0.839. The average molecular weight is 461 g/mol. The Hall–Kier alpha value is 2.90. The normalized spacial score (nSPS) is 9.13. The first-order valence-corrected chi connectivity index (χ1v) is 12.0. The van der Waals surface area contributed by atoms with Gasteiger partial charge in [0.1, 0.15) is 5.75 Å². The van der Waals surface area contributed by atoms with Crippen molar-refractivity contribution in [2.45, 2.75) is 6.42 Å². The van der Waals surface area contributed by atoms with Crippen molar-refractivity contribution in [2.75, 3.05) is 0 Å².